The zero-order chi connectivity index (χ0) is 18.4. The summed E-state index contributed by atoms with van der Waals surface area (Å²) in [5.41, 5.74) is 1.01. The Hall–Kier alpha value is -2.70. The quantitative estimate of drug-likeness (QED) is 0.816. The van der Waals surface area contributed by atoms with Crippen LogP contribution in [-0.2, 0) is 0 Å². The van der Waals surface area contributed by atoms with Crippen LogP contribution in [0.1, 0.15) is 19.8 Å². The number of anilines is 2. The number of ether oxygens (including phenoxy) is 3. The predicted octanol–water partition coefficient (Wildman–Crippen LogP) is 2.97. The lowest BCUT2D eigenvalue weighted by molar-refractivity contribution is 0.326. The smallest absolute Gasteiger partial charge is 0.218 e. The van der Waals surface area contributed by atoms with Gasteiger partial charge in [0.1, 0.15) is 23.6 Å². The molecular weight excluding hydrogens is 332 g/mol. The van der Waals surface area contributed by atoms with E-state index in [-0.39, 0.29) is 0 Å². The van der Waals surface area contributed by atoms with E-state index in [2.05, 4.69) is 20.2 Å². The lowest BCUT2D eigenvalue weighted by Gasteiger charge is -2.33. The molecule has 1 N–H and O–H groups in total. The van der Waals surface area contributed by atoms with Crippen LogP contribution in [0.25, 0.3) is 0 Å². The van der Waals surface area contributed by atoms with Gasteiger partial charge in [0.15, 0.2) is 0 Å². The number of rotatable bonds is 7. The Morgan fingerprint density at radius 3 is 2.35 bits per heavy atom. The van der Waals surface area contributed by atoms with Gasteiger partial charge in [-0.1, -0.05) is 0 Å². The molecule has 140 valence electrons. The van der Waals surface area contributed by atoms with E-state index >= 15 is 0 Å². The van der Waals surface area contributed by atoms with Crippen molar-refractivity contribution in [3.05, 3.63) is 30.6 Å². The molecule has 1 aliphatic heterocycles. The van der Waals surface area contributed by atoms with E-state index in [1.807, 2.05) is 31.2 Å². The molecule has 0 atom stereocenters. The SMILES string of the molecule is CCOc1cc(N2CCC(Nc3cc(OC)cc(OC)c3)CC2)ncn1. The molecule has 1 aromatic carbocycles. The van der Waals surface area contributed by atoms with E-state index in [0.717, 1.165) is 48.9 Å². The standard InChI is InChI=1S/C19H26N4O3/c1-4-26-19-12-18(20-13-21-19)23-7-5-14(6-8-23)22-15-9-16(24-2)11-17(10-15)25-3/h9-14,22H,4-8H2,1-3H3. The number of piperidine rings is 1. The van der Waals surface area contributed by atoms with Gasteiger partial charge >= 0.3 is 0 Å². The fourth-order valence-corrected chi connectivity index (χ4v) is 3.11. The van der Waals surface area contributed by atoms with Crippen molar-refractivity contribution < 1.29 is 14.2 Å². The molecule has 1 fully saturated rings. The fourth-order valence-electron chi connectivity index (χ4n) is 3.11. The molecule has 2 heterocycles. The zero-order valence-corrected chi connectivity index (χ0v) is 15.6. The molecular formula is C19H26N4O3. The molecule has 0 spiro atoms. The first-order valence-electron chi connectivity index (χ1n) is 8.91. The molecule has 26 heavy (non-hydrogen) atoms. The molecule has 3 rings (SSSR count). The minimum atomic E-state index is 0.399. The average molecular weight is 358 g/mol. The van der Waals surface area contributed by atoms with Crippen LogP contribution in [0.5, 0.6) is 17.4 Å². The number of hydrogen-bond donors (Lipinski definition) is 1. The summed E-state index contributed by atoms with van der Waals surface area (Å²) in [6, 6.07) is 8.17. The highest BCUT2D eigenvalue weighted by atomic mass is 16.5. The number of nitrogens with zero attached hydrogens (tertiary/aromatic N) is 3. The number of nitrogens with one attached hydrogen (secondary N) is 1. The molecule has 0 radical (unpaired) electrons. The van der Waals surface area contributed by atoms with Crippen LogP contribution in [0.15, 0.2) is 30.6 Å². The van der Waals surface area contributed by atoms with Crippen molar-refractivity contribution in [2.24, 2.45) is 0 Å². The zero-order valence-electron chi connectivity index (χ0n) is 15.6. The van der Waals surface area contributed by atoms with Gasteiger partial charge in [0.2, 0.25) is 5.88 Å². The van der Waals surface area contributed by atoms with Crippen LogP contribution in [0.3, 0.4) is 0 Å². The third-order valence-corrected chi connectivity index (χ3v) is 4.46. The number of aromatic nitrogens is 2. The number of hydrogen-bond acceptors (Lipinski definition) is 7. The molecule has 7 nitrogen and oxygen atoms in total. The molecule has 2 aromatic rings. The summed E-state index contributed by atoms with van der Waals surface area (Å²) in [5, 5.41) is 3.59. The Balaban J connectivity index is 1.59. The lowest BCUT2D eigenvalue weighted by Crippen LogP contribution is -2.39. The monoisotopic (exact) mass is 358 g/mol. The first-order valence-corrected chi connectivity index (χ1v) is 8.91. The maximum atomic E-state index is 5.47. The largest absolute Gasteiger partial charge is 0.497 e. The molecule has 0 saturated carbocycles. The average Bonchev–Trinajstić information content (AvgIpc) is 2.68. The Morgan fingerprint density at radius 2 is 1.73 bits per heavy atom. The van der Waals surface area contributed by atoms with Crippen molar-refractivity contribution in [3.8, 4) is 17.4 Å². The number of methoxy groups -OCH3 is 2. The minimum absolute atomic E-state index is 0.399. The highest BCUT2D eigenvalue weighted by molar-refractivity contribution is 5.54. The first kappa shape index (κ1) is 18.1. The summed E-state index contributed by atoms with van der Waals surface area (Å²) in [7, 11) is 3.32. The van der Waals surface area contributed by atoms with Gasteiger partial charge in [-0.25, -0.2) is 9.97 Å². The second-order valence-corrected chi connectivity index (χ2v) is 6.15. The minimum Gasteiger partial charge on any atom is -0.497 e. The predicted molar refractivity (Wildman–Crippen MR) is 102 cm³/mol. The van der Waals surface area contributed by atoms with E-state index in [0.29, 0.717) is 18.5 Å². The van der Waals surface area contributed by atoms with Crippen LogP contribution in [0.2, 0.25) is 0 Å². The molecule has 1 aromatic heterocycles. The summed E-state index contributed by atoms with van der Waals surface area (Å²) >= 11 is 0. The van der Waals surface area contributed by atoms with Gasteiger partial charge in [0, 0.05) is 49.1 Å². The Morgan fingerprint density at radius 1 is 1.04 bits per heavy atom. The van der Waals surface area contributed by atoms with Crippen molar-refractivity contribution in [2.75, 3.05) is 44.1 Å². The van der Waals surface area contributed by atoms with Crippen molar-refractivity contribution in [3.63, 3.8) is 0 Å². The summed E-state index contributed by atoms with van der Waals surface area (Å²) in [6.07, 6.45) is 3.61. The highest BCUT2D eigenvalue weighted by Gasteiger charge is 2.21. The van der Waals surface area contributed by atoms with E-state index in [1.54, 1.807) is 20.5 Å². The van der Waals surface area contributed by atoms with Crippen molar-refractivity contribution >= 4 is 11.5 Å². The Kier molecular flexibility index (Phi) is 5.99. The first-order chi connectivity index (χ1) is 12.7. The third kappa shape index (κ3) is 4.47. The van der Waals surface area contributed by atoms with Gasteiger partial charge in [-0.05, 0) is 19.8 Å². The molecule has 0 bridgehead atoms. The van der Waals surface area contributed by atoms with Crippen LogP contribution in [0.4, 0.5) is 11.5 Å². The van der Waals surface area contributed by atoms with Crippen molar-refractivity contribution in [2.45, 2.75) is 25.8 Å². The lowest BCUT2D eigenvalue weighted by atomic mass is 10.0. The van der Waals surface area contributed by atoms with Crippen LogP contribution in [0, 0.1) is 0 Å². The van der Waals surface area contributed by atoms with Crippen LogP contribution >= 0.6 is 0 Å². The van der Waals surface area contributed by atoms with Gasteiger partial charge in [0.05, 0.1) is 20.8 Å². The number of benzene rings is 1. The third-order valence-electron chi connectivity index (χ3n) is 4.46. The van der Waals surface area contributed by atoms with Gasteiger partial charge in [-0.2, -0.15) is 0 Å². The second-order valence-electron chi connectivity index (χ2n) is 6.15. The Bertz CT molecular complexity index is 695. The van der Waals surface area contributed by atoms with Crippen LogP contribution in [-0.4, -0.2) is 49.9 Å². The maximum absolute atomic E-state index is 5.47. The molecule has 0 aliphatic carbocycles. The maximum Gasteiger partial charge on any atom is 0.218 e. The Labute approximate surface area is 154 Å². The second kappa shape index (κ2) is 8.60. The highest BCUT2D eigenvalue weighted by Crippen LogP contribution is 2.28. The summed E-state index contributed by atoms with van der Waals surface area (Å²) < 4.78 is 16.1. The molecule has 7 heteroatoms. The van der Waals surface area contributed by atoms with Crippen molar-refractivity contribution in [1.82, 2.24) is 9.97 Å². The van der Waals surface area contributed by atoms with E-state index in [4.69, 9.17) is 14.2 Å². The molecule has 0 amide bonds. The summed E-state index contributed by atoms with van der Waals surface area (Å²) in [6.45, 7) is 4.42. The summed E-state index contributed by atoms with van der Waals surface area (Å²) in [4.78, 5) is 10.8. The summed E-state index contributed by atoms with van der Waals surface area (Å²) in [5.74, 6) is 3.12. The van der Waals surface area contributed by atoms with Crippen molar-refractivity contribution in [1.29, 1.82) is 0 Å². The van der Waals surface area contributed by atoms with Gasteiger partial charge in [-0.15, -0.1) is 0 Å². The van der Waals surface area contributed by atoms with E-state index < -0.39 is 0 Å². The van der Waals surface area contributed by atoms with Gasteiger partial charge < -0.3 is 24.4 Å². The fraction of sp³-hybridized carbons (Fsp3) is 0.474. The van der Waals surface area contributed by atoms with Crippen LogP contribution < -0.4 is 24.4 Å². The topological polar surface area (TPSA) is 68.7 Å². The van der Waals surface area contributed by atoms with E-state index in [9.17, 15) is 0 Å². The van der Waals surface area contributed by atoms with E-state index in [1.165, 1.54) is 0 Å². The van der Waals surface area contributed by atoms with Gasteiger partial charge in [-0.3, -0.25) is 0 Å². The molecule has 1 saturated heterocycles. The molecule has 0 unspecified atom stereocenters. The normalized spacial score (nSPS) is 14.8. The molecule has 1 aliphatic rings. The van der Waals surface area contributed by atoms with Gasteiger partial charge in [0.25, 0.3) is 0 Å².